The summed E-state index contributed by atoms with van der Waals surface area (Å²) in [6, 6.07) is 12.2. The number of hydrogen-bond acceptors (Lipinski definition) is 3. The number of benzene rings is 1. The summed E-state index contributed by atoms with van der Waals surface area (Å²) in [6.45, 7) is 10.9. The van der Waals surface area contributed by atoms with Crippen LogP contribution < -0.4 is 0 Å². The van der Waals surface area contributed by atoms with Gasteiger partial charge in [0.05, 0.1) is 6.54 Å². The smallest absolute Gasteiger partial charge is 0.410 e. The van der Waals surface area contributed by atoms with Crippen LogP contribution >= 0.6 is 0 Å². The molecule has 3 rings (SSSR count). The molecular formula is C25H30N2O2. The number of aromatic nitrogens is 1. The van der Waals surface area contributed by atoms with E-state index in [1.165, 1.54) is 0 Å². The lowest BCUT2D eigenvalue weighted by Crippen LogP contribution is -2.24. The van der Waals surface area contributed by atoms with Crippen molar-refractivity contribution in [1.82, 2.24) is 9.88 Å². The molecule has 1 aliphatic rings. The summed E-state index contributed by atoms with van der Waals surface area (Å²) in [5.41, 5.74) is 4.33. The average molecular weight is 391 g/mol. The molecule has 0 bridgehead atoms. The van der Waals surface area contributed by atoms with Gasteiger partial charge in [-0.2, -0.15) is 0 Å². The van der Waals surface area contributed by atoms with Crippen molar-refractivity contribution in [3.63, 3.8) is 0 Å². The maximum atomic E-state index is 12.2. The summed E-state index contributed by atoms with van der Waals surface area (Å²) in [6.07, 6.45) is 11.6. The Hall–Kier alpha value is -3.14. The Morgan fingerprint density at radius 3 is 2.62 bits per heavy atom. The van der Waals surface area contributed by atoms with Gasteiger partial charge in [0.1, 0.15) is 6.10 Å². The third-order valence-corrected chi connectivity index (χ3v) is 4.50. The van der Waals surface area contributed by atoms with Crippen molar-refractivity contribution >= 4 is 6.09 Å². The van der Waals surface area contributed by atoms with Crippen LogP contribution in [0.25, 0.3) is 11.1 Å². The molecule has 1 aromatic heterocycles. The molecular weight excluding hydrogens is 360 g/mol. The predicted molar refractivity (Wildman–Crippen MR) is 119 cm³/mol. The molecule has 0 spiro atoms. The van der Waals surface area contributed by atoms with E-state index in [4.69, 9.17) is 4.74 Å². The summed E-state index contributed by atoms with van der Waals surface area (Å²) < 4.78 is 5.52. The van der Waals surface area contributed by atoms with Crippen LogP contribution in [0.3, 0.4) is 0 Å². The number of cyclic esters (lactones) is 1. The highest BCUT2D eigenvalue weighted by Gasteiger charge is 2.31. The molecule has 1 saturated heterocycles. The second-order valence-electron chi connectivity index (χ2n) is 6.50. The lowest BCUT2D eigenvalue weighted by atomic mass is 10.1. The molecule has 4 heteroatoms. The highest BCUT2D eigenvalue weighted by Crippen LogP contribution is 2.23. The Balaban J connectivity index is 0.00000145. The maximum Gasteiger partial charge on any atom is 0.410 e. The number of carbonyl (C=O) groups excluding carboxylic acids is 1. The fraction of sp³-hybridized carbons (Fsp3) is 0.280. The van der Waals surface area contributed by atoms with Crippen LogP contribution in [-0.2, 0) is 11.3 Å². The normalized spacial score (nSPS) is 16.4. The summed E-state index contributed by atoms with van der Waals surface area (Å²) >= 11 is 0. The van der Waals surface area contributed by atoms with Crippen molar-refractivity contribution in [2.24, 2.45) is 0 Å². The number of pyridine rings is 1. The first kappa shape index (κ1) is 22.2. The first-order chi connectivity index (χ1) is 14.2. The Morgan fingerprint density at radius 2 is 2.00 bits per heavy atom. The Bertz CT molecular complexity index is 839. The van der Waals surface area contributed by atoms with E-state index in [2.05, 4.69) is 23.7 Å². The van der Waals surface area contributed by atoms with E-state index in [-0.39, 0.29) is 12.2 Å². The molecule has 1 aromatic carbocycles. The summed E-state index contributed by atoms with van der Waals surface area (Å²) in [4.78, 5) is 18.1. The highest BCUT2D eigenvalue weighted by molar-refractivity contribution is 5.70. The zero-order valence-electron chi connectivity index (χ0n) is 17.5. The van der Waals surface area contributed by atoms with E-state index in [1.807, 2.05) is 75.5 Å². The fourth-order valence-corrected chi connectivity index (χ4v) is 3.07. The molecule has 1 amide bonds. The molecule has 29 heavy (non-hydrogen) atoms. The quantitative estimate of drug-likeness (QED) is 0.531. The number of rotatable bonds is 7. The van der Waals surface area contributed by atoms with Crippen molar-refractivity contribution in [3.05, 3.63) is 90.8 Å². The minimum atomic E-state index is -0.259. The topological polar surface area (TPSA) is 42.4 Å². The van der Waals surface area contributed by atoms with Gasteiger partial charge in [0, 0.05) is 25.4 Å². The number of carbonyl (C=O) groups is 1. The third-order valence-electron chi connectivity index (χ3n) is 4.50. The molecule has 4 nitrogen and oxygen atoms in total. The minimum absolute atomic E-state index is 0.137. The van der Waals surface area contributed by atoms with Gasteiger partial charge in [-0.25, -0.2) is 4.79 Å². The van der Waals surface area contributed by atoms with Crippen LogP contribution in [0.15, 0.2) is 85.2 Å². The van der Waals surface area contributed by atoms with Crippen molar-refractivity contribution in [1.29, 1.82) is 0 Å². The predicted octanol–water partition coefficient (Wildman–Crippen LogP) is 6.17. The molecule has 2 aromatic rings. The van der Waals surface area contributed by atoms with Crippen LogP contribution in [0.2, 0.25) is 0 Å². The van der Waals surface area contributed by atoms with Crippen molar-refractivity contribution in [3.8, 4) is 11.1 Å². The summed E-state index contributed by atoms with van der Waals surface area (Å²) in [5, 5.41) is 0. The lowest BCUT2D eigenvalue weighted by Gasteiger charge is -2.13. The van der Waals surface area contributed by atoms with Gasteiger partial charge < -0.3 is 9.64 Å². The highest BCUT2D eigenvalue weighted by atomic mass is 16.6. The van der Waals surface area contributed by atoms with E-state index < -0.39 is 0 Å². The molecule has 1 unspecified atom stereocenters. The summed E-state index contributed by atoms with van der Waals surface area (Å²) in [7, 11) is 0. The molecule has 2 heterocycles. The van der Waals surface area contributed by atoms with Crippen LogP contribution in [0.4, 0.5) is 4.79 Å². The standard InChI is InChI=1S/C23H24N2O2.C2H6/c1-3-5-7-18(4-2)14-22-17-25(23(26)27-22)16-19-9-11-20(12-10-19)21-8-6-13-24-15-21;1-2/h3-13,15,22H,2,14,16-17H2,1H3;1-2H3/b5-3-,18-7+;. The molecule has 0 saturated carbocycles. The van der Waals surface area contributed by atoms with E-state index >= 15 is 0 Å². The van der Waals surface area contributed by atoms with Crippen LogP contribution in [0.5, 0.6) is 0 Å². The second-order valence-corrected chi connectivity index (χ2v) is 6.50. The average Bonchev–Trinajstić information content (AvgIpc) is 3.12. The van der Waals surface area contributed by atoms with Crippen LogP contribution in [0.1, 0.15) is 32.8 Å². The number of allylic oxidation sites excluding steroid dienone is 4. The zero-order valence-corrected chi connectivity index (χ0v) is 17.5. The van der Waals surface area contributed by atoms with Gasteiger partial charge in [0.2, 0.25) is 0 Å². The van der Waals surface area contributed by atoms with E-state index in [0.717, 1.165) is 22.3 Å². The molecule has 0 radical (unpaired) electrons. The largest absolute Gasteiger partial charge is 0.444 e. The zero-order chi connectivity index (χ0) is 21.1. The van der Waals surface area contributed by atoms with Crippen molar-refractivity contribution in [2.75, 3.05) is 6.54 Å². The van der Waals surface area contributed by atoms with E-state index in [0.29, 0.717) is 19.5 Å². The van der Waals surface area contributed by atoms with E-state index in [1.54, 1.807) is 11.1 Å². The molecule has 152 valence electrons. The minimum Gasteiger partial charge on any atom is -0.444 e. The fourth-order valence-electron chi connectivity index (χ4n) is 3.07. The number of hydrogen-bond donors (Lipinski definition) is 0. The molecule has 1 fully saturated rings. The molecule has 1 atom stereocenters. The SMILES string of the molecule is C=C/C(=C\C=C/C)CC1CN(Cc2ccc(-c3cccnc3)cc2)C(=O)O1.CC. The molecule has 0 aliphatic carbocycles. The van der Waals surface area contributed by atoms with Crippen molar-refractivity contribution in [2.45, 2.75) is 39.8 Å². The Morgan fingerprint density at radius 1 is 1.24 bits per heavy atom. The number of nitrogens with zero attached hydrogens (tertiary/aromatic N) is 2. The molecule has 0 N–H and O–H groups in total. The maximum absolute atomic E-state index is 12.2. The van der Waals surface area contributed by atoms with E-state index in [9.17, 15) is 4.79 Å². The van der Waals surface area contributed by atoms with Gasteiger partial charge in [-0.3, -0.25) is 4.98 Å². The van der Waals surface area contributed by atoms with Crippen molar-refractivity contribution < 1.29 is 9.53 Å². The van der Waals surface area contributed by atoms with Gasteiger partial charge in [-0.05, 0) is 35.3 Å². The van der Waals surface area contributed by atoms with Gasteiger partial charge in [0.15, 0.2) is 0 Å². The number of ether oxygens (including phenoxy) is 1. The first-order valence-electron chi connectivity index (χ1n) is 10.1. The van der Waals surface area contributed by atoms with Crippen LogP contribution in [-0.4, -0.2) is 28.6 Å². The Kier molecular flexibility index (Phi) is 8.90. The second kappa shape index (κ2) is 11.6. The number of amides is 1. The van der Waals surface area contributed by atoms with Gasteiger partial charge in [-0.1, -0.05) is 75.1 Å². The molecule has 1 aliphatic heterocycles. The monoisotopic (exact) mass is 390 g/mol. The lowest BCUT2D eigenvalue weighted by molar-refractivity contribution is 0.132. The third kappa shape index (κ3) is 6.46. The van der Waals surface area contributed by atoms with Gasteiger partial charge in [0.25, 0.3) is 0 Å². The van der Waals surface area contributed by atoms with Gasteiger partial charge >= 0.3 is 6.09 Å². The van der Waals surface area contributed by atoms with Gasteiger partial charge in [-0.15, -0.1) is 0 Å². The Labute approximate surface area is 174 Å². The van der Waals surface area contributed by atoms with Crippen LogP contribution in [0, 0.1) is 0 Å². The first-order valence-corrected chi connectivity index (χ1v) is 10.1. The summed E-state index contributed by atoms with van der Waals surface area (Å²) in [5.74, 6) is 0.